The molecule has 3 aromatic rings. The molecule has 2 aromatic carbocycles. The molecule has 0 aliphatic heterocycles. The second-order valence-electron chi connectivity index (χ2n) is 8.34. The van der Waals surface area contributed by atoms with Gasteiger partial charge in [-0.2, -0.15) is 0 Å². The second kappa shape index (κ2) is 13.6. The first kappa shape index (κ1) is 27.2. The van der Waals surface area contributed by atoms with Gasteiger partial charge in [-0.3, -0.25) is 0 Å². The van der Waals surface area contributed by atoms with Gasteiger partial charge in [0.05, 0.1) is 0 Å². The first-order valence-corrected chi connectivity index (χ1v) is 14.2. The Morgan fingerprint density at radius 1 is 0.829 bits per heavy atom. The molecule has 8 heteroatoms. The second-order valence-corrected chi connectivity index (χ2v) is 10.2. The Balaban J connectivity index is 2.01. The van der Waals surface area contributed by atoms with Crippen LogP contribution < -0.4 is 14.7 Å². The molecule has 1 heterocycles. The van der Waals surface area contributed by atoms with Gasteiger partial charge in [0, 0.05) is 0 Å². The number of hydrogen-bond acceptors (Lipinski definition) is 7. The van der Waals surface area contributed by atoms with Crippen LogP contribution in [0.4, 0.5) is 0 Å². The van der Waals surface area contributed by atoms with Crippen LogP contribution in [-0.2, 0) is 9.05 Å². The third kappa shape index (κ3) is 7.52. The molecule has 192 valence electrons. The van der Waals surface area contributed by atoms with Crippen molar-refractivity contribution in [3.8, 4) is 22.8 Å². The van der Waals surface area contributed by atoms with Crippen molar-refractivity contribution in [1.29, 1.82) is 0 Å². The van der Waals surface area contributed by atoms with Crippen molar-refractivity contribution < 1.29 is 27.6 Å². The van der Waals surface area contributed by atoms with Gasteiger partial charge in [0.1, 0.15) is 0 Å². The van der Waals surface area contributed by atoms with Crippen molar-refractivity contribution in [3.05, 3.63) is 58.8 Å². The number of ether oxygens (including phenoxy) is 1. The molecular weight excluding hydrogens is 467 g/mol. The first-order valence-electron chi connectivity index (χ1n) is 12.5. The van der Waals surface area contributed by atoms with E-state index in [0.717, 1.165) is 44.3 Å². The summed E-state index contributed by atoms with van der Waals surface area (Å²) in [6.07, 6.45) is 5.25. The zero-order valence-electron chi connectivity index (χ0n) is 20.9. The van der Waals surface area contributed by atoms with Gasteiger partial charge in [0.2, 0.25) is 0 Å². The van der Waals surface area contributed by atoms with Crippen LogP contribution in [0.5, 0.6) is 11.5 Å². The van der Waals surface area contributed by atoms with Crippen LogP contribution in [0.1, 0.15) is 59.3 Å². The van der Waals surface area contributed by atoms with Crippen molar-refractivity contribution in [1.82, 2.24) is 0 Å². The van der Waals surface area contributed by atoms with Crippen LogP contribution in [0, 0.1) is 0 Å². The fourth-order valence-electron chi connectivity index (χ4n) is 3.37. The van der Waals surface area contributed by atoms with Crippen LogP contribution in [0.25, 0.3) is 22.3 Å². The minimum absolute atomic E-state index is 0.120. The van der Waals surface area contributed by atoms with Crippen LogP contribution in [0.15, 0.2) is 57.7 Å². The molecule has 0 amide bonds. The summed E-state index contributed by atoms with van der Waals surface area (Å²) in [4.78, 5) is 24.7. The van der Waals surface area contributed by atoms with Crippen LogP contribution in [0.2, 0.25) is 0 Å². The summed E-state index contributed by atoms with van der Waals surface area (Å²) in [6, 6.07) is 14.2. The van der Waals surface area contributed by atoms with Crippen LogP contribution in [0.3, 0.4) is 0 Å². The van der Waals surface area contributed by atoms with Gasteiger partial charge in [-0.1, -0.05) is 0 Å². The minimum atomic E-state index is -4.17. The summed E-state index contributed by atoms with van der Waals surface area (Å²) in [7, 11) is -4.17. The van der Waals surface area contributed by atoms with E-state index in [1.807, 2.05) is 26.0 Å². The molecule has 1 aromatic heterocycles. The third-order valence-corrected chi connectivity index (χ3v) is 7.03. The van der Waals surface area contributed by atoms with E-state index in [0.29, 0.717) is 23.1 Å². The van der Waals surface area contributed by atoms with E-state index in [2.05, 4.69) is 6.92 Å². The van der Waals surface area contributed by atoms with Gasteiger partial charge in [-0.25, -0.2) is 0 Å². The van der Waals surface area contributed by atoms with E-state index in [9.17, 15) is 9.69 Å². The molecule has 0 saturated carbocycles. The molecule has 0 fully saturated rings. The van der Waals surface area contributed by atoms with Crippen molar-refractivity contribution >= 4 is 19.1 Å². The Kier molecular flexibility index (Phi) is 10.5. The predicted molar refractivity (Wildman–Crippen MR) is 141 cm³/mol. The van der Waals surface area contributed by atoms with Crippen molar-refractivity contribution in [2.45, 2.75) is 59.3 Å². The average Bonchev–Trinajstić information content (AvgIpc) is 2.87. The summed E-state index contributed by atoms with van der Waals surface area (Å²) >= 11 is 0. The summed E-state index contributed by atoms with van der Waals surface area (Å²) in [5.41, 5.74) is 0.644. The normalized spacial score (nSPS) is 12.1. The Morgan fingerprint density at radius 2 is 1.43 bits per heavy atom. The molecule has 0 aliphatic rings. The topological polar surface area (TPSA) is 87.4 Å². The Hall–Kier alpha value is -2.44. The summed E-state index contributed by atoms with van der Waals surface area (Å²) in [6.45, 7) is 7.33. The summed E-state index contributed by atoms with van der Waals surface area (Å²) in [5.74, 6) is 0.813. The van der Waals surface area contributed by atoms with Crippen molar-refractivity contribution in [3.63, 3.8) is 0 Å². The molecule has 0 saturated heterocycles. The third-order valence-electron chi connectivity index (χ3n) is 5.44. The van der Waals surface area contributed by atoms with Crippen molar-refractivity contribution in [2.75, 3.05) is 19.8 Å². The first-order chi connectivity index (χ1) is 17.0. The molecule has 1 N–H and O–H groups in total. The summed E-state index contributed by atoms with van der Waals surface area (Å²) < 4.78 is 29.2. The van der Waals surface area contributed by atoms with E-state index in [4.69, 9.17) is 22.7 Å². The Bertz CT molecular complexity index is 1100. The monoisotopic (exact) mass is 504 g/mol. The summed E-state index contributed by atoms with van der Waals surface area (Å²) in [5, 5.41) is 0.351. The van der Waals surface area contributed by atoms with Gasteiger partial charge < -0.3 is 0 Å². The van der Waals surface area contributed by atoms with Gasteiger partial charge in [-0.05, 0) is 0 Å². The Labute approximate surface area is 207 Å². The molecule has 0 radical (unpaired) electrons. The van der Waals surface area contributed by atoms with Crippen LogP contribution >= 0.6 is 8.17 Å². The standard InChI is InChI=1S/C27H37O7P/c1-4-7-18-30-22-16-14-21(15-17-22)26-27(25(28)23-12-10-11-13-24(23)33-26)34-35(29,31-19-8-5-2)32-20-9-6-3/h10-17,29,35H,4-9,18-20H2,1-3H3. The van der Waals surface area contributed by atoms with E-state index < -0.39 is 13.6 Å². The molecule has 3 rings (SSSR count). The van der Waals surface area contributed by atoms with E-state index in [1.165, 1.54) is 0 Å². The molecule has 7 nitrogen and oxygen atoms in total. The number of rotatable bonds is 15. The molecule has 0 spiro atoms. The number of fused-ring (bicyclic) bond motifs is 1. The number of unbranched alkanes of at least 4 members (excludes halogenated alkanes) is 3. The quantitative estimate of drug-likeness (QED) is 0.175. The van der Waals surface area contributed by atoms with E-state index >= 15 is 0 Å². The van der Waals surface area contributed by atoms with Gasteiger partial charge in [0.25, 0.3) is 0 Å². The maximum atomic E-state index is 13.5. The molecule has 0 atom stereocenters. The SMILES string of the molecule is CCCCOc1ccc(-c2oc3ccccc3c(=O)c2O[PH](O)(OCCCC)OCCCC)cc1. The zero-order chi connectivity index (χ0) is 25.1. The van der Waals surface area contributed by atoms with E-state index in [-0.39, 0.29) is 24.7 Å². The van der Waals surface area contributed by atoms with Gasteiger partial charge >= 0.3 is 207 Å². The van der Waals surface area contributed by atoms with E-state index in [1.54, 1.807) is 36.4 Å². The molecule has 0 bridgehead atoms. The molecular formula is C27H37O7P. The molecule has 0 unspecified atom stereocenters. The molecule has 0 aliphatic carbocycles. The molecule has 35 heavy (non-hydrogen) atoms. The predicted octanol–water partition coefficient (Wildman–Crippen LogP) is 7.05. The average molecular weight is 505 g/mol. The number of hydrogen-bond donors (Lipinski definition) is 1. The van der Waals surface area contributed by atoms with Crippen LogP contribution in [-0.4, -0.2) is 24.7 Å². The Morgan fingerprint density at radius 3 is 2.06 bits per heavy atom. The number of benzene rings is 2. The zero-order valence-corrected chi connectivity index (χ0v) is 21.9. The van der Waals surface area contributed by atoms with Gasteiger partial charge in [0.15, 0.2) is 0 Å². The van der Waals surface area contributed by atoms with Crippen molar-refractivity contribution in [2.24, 2.45) is 0 Å². The van der Waals surface area contributed by atoms with Gasteiger partial charge in [-0.15, -0.1) is 0 Å². The number of para-hydroxylation sites is 1. The fourth-order valence-corrected chi connectivity index (χ4v) is 4.81. The fraction of sp³-hybridized carbons (Fsp3) is 0.444. The maximum absolute atomic E-state index is 13.5.